The topological polar surface area (TPSA) is 158 Å². The number of rotatable bonds is 14. The molecule has 3 amide bonds. The minimum Gasteiger partial charge on any atom is -0.453 e. The van der Waals surface area contributed by atoms with Gasteiger partial charge in [0.2, 0.25) is 0 Å². The predicted molar refractivity (Wildman–Crippen MR) is 207 cm³/mol. The first kappa shape index (κ1) is 38.6. The first-order valence-electron chi connectivity index (χ1n) is 18.1. The average molecular weight is 753 g/mol. The summed E-state index contributed by atoms with van der Waals surface area (Å²) in [4.78, 5) is 45.7. The highest BCUT2D eigenvalue weighted by Gasteiger charge is 2.41. The van der Waals surface area contributed by atoms with E-state index in [-0.39, 0.29) is 19.4 Å². The molecular formula is C41H48N6O6S. The Hall–Kier alpha value is -5.08. The summed E-state index contributed by atoms with van der Waals surface area (Å²) in [5, 5.41) is 32.4. The lowest BCUT2D eigenvalue weighted by Gasteiger charge is -2.33. The molecule has 5 aromatic rings. The number of aliphatic hydroxyl groups is 2. The van der Waals surface area contributed by atoms with Gasteiger partial charge in [-0.1, -0.05) is 99.6 Å². The van der Waals surface area contributed by atoms with Crippen molar-refractivity contribution in [3.8, 4) is 11.3 Å². The number of nitrogens with zero attached hydrogens (tertiary/aromatic N) is 3. The zero-order valence-electron chi connectivity index (χ0n) is 31.0. The molecule has 12 nitrogen and oxygen atoms in total. The monoisotopic (exact) mass is 752 g/mol. The van der Waals surface area contributed by atoms with Gasteiger partial charge in [-0.05, 0) is 40.5 Å². The number of hydrogen-bond acceptors (Lipinski definition) is 9. The van der Waals surface area contributed by atoms with Crippen molar-refractivity contribution < 1.29 is 29.3 Å². The van der Waals surface area contributed by atoms with Crippen LogP contribution < -0.4 is 16.1 Å². The van der Waals surface area contributed by atoms with Gasteiger partial charge in [-0.2, -0.15) is 0 Å². The number of amides is 3. The van der Waals surface area contributed by atoms with Gasteiger partial charge in [0.25, 0.3) is 11.8 Å². The predicted octanol–water partition coefficient (Wildman–Crippen LogP) is 5.20. The van der Waals surface area contributed by atoms with Crippen LogP contribution in [0.5, 0.6) is 0 Å². The molecule has 0 saturated carbocycles. The summed E-state index contributed by atoms with van der Waals surface area (Å²) in [5.74, 6) is -1.01. The molecule has 2 aromatic heterocycles. The molecule has 284 valence electrons. The molecule has 2 heterocycles. The third-order valence-electron chi connectivity index (χ3n) is 9.83. The molecule has 0 unspecified atom stereocenters. The minimum absolute atomic E-state index is 0.0544. The maximum Gasteiger partial charge on any atom is 0.407 e. The van der Waals surface area contributed by atoms with Crippen molar-refractivity contribution in [3.05, 3.63) is 119 Å². The van der Waals surface area contributed by atoms with Crippen LogP contribution in [0.2, 0.25) is 0 Å². The summed E-state index contributed by atoms with van der Waals surface area (Å²) in [6.45, 7) is 6.10. The average Bonchev–Trinajstić information content (AvgIpc) is 3.84. The van der Waals surface area contributed by atoms with E-state index in [0.717, 1.165) is 38.5 Å². The Morgan fingerprint density at radius 3 is 2.44 bits per heavy atom. The third kappa shape index (κ3) is 9.16. The second-order valence-corrected chi connectivity index (χ2v) is 15.8. The lowest BCUT2D eigenvalue weighted by atomic mass is 9.86. The van der Waals surface area contributed by atoms with E-state index in [1.807, 2.05) is 122 Å². The fraction of sp³-hybridized carbons (Fsp3) is 0.366. The molecule has 0 aliphatic heterocycles. The molecule has 0 fully saturated rings. The normalized spacial score (nSPS) is 17.1. The molecule has 1 aliphatic carbocycles. The number of thiazole rings is 1. The number of carbonyl (C=O) groups excluding carboxylic acids is 3. The number of hydrogen-bond donors (Lipinski definition) is 5. The third-order valence-corrected chi connectivity index (χ3v) is 10.6. The number of methoxy groups -OCH3 is 1. The Balaban J connectivity index is 1.21. The Morgan fingerprint density at radius 2 is 1.74 bits per heavy atom. The lowest BCUT2D eigenvalue weighted by Crippen LogP contribution is -2.57. The molecule has 4 atom stereocenters. The Kier molecular flexibility index (Phi) is 11.8. The summed E-state index contributed by atoms with van der Waals surface area (Å²) in [6.07, 6.45) is 3.25. The number of aromatic nitrogens is 2. The van der Waals surface area contributed by atoms with Gasteiger partial charge in [-0.15, -0.1) is 11.3 Å². The van der Waals surface area contributed by atoms with E-state index < -0.39 is 47.1 Å². The molecule has 13 heteroatoms. The Labute approximate surface area is 319 Å². The van der Waals surface area contributed by atoms with E-state index in [4.69, 9.17) is 9.72 Å². The Morgan fingerprint density at radius 1 is 1.02 bits per heavy atom. The quantitative estimate of drug-likeness (QED) is 0.0971. The smallest absolute Gasteiger partial charge is 0.407 e. The zero-order valence-corrected chi connectivity index (χ0v) is 31.8. The number of nitrogens with one attached hydrogen (secondary N) is 3. The van der Waals surface area contributed by atoms with Gasteiger partial charge in [0.15, 0.2) is 4.96 Å². The van der Waals surface area contributed by atoms with Crippen LogP contribution in [0.3, 0.4) is 0 Å². The maximum atomic E-state index is 14.0. The summed E-state index contributed by atoms with van der Waals surface area (Å²) in [6, 6.07) is 23.2. The summed E-state index contributed by atoms with van der Waals surface area (Å²) >= 11 is 1.56. The van der Waals surface area contributed by atoms with Crippen LogP contribution >= 0.6 is 11.3 Å². The molecule has 6 rings (SSSR count). The van der Waals surface area contributed by atoms with Crippen LogP contribution in [0, 0.1) is 5.41 Å². The number of imidazole rings is 1. The highest BCUT2D eigenvalue weighted by atomic mass is 32.1. The van der Waals surface area contributed by atoms with Crippen LogP contribution in [-0.4, -0.2) is 73.9 Å². The fourth-order valence-electron chi connectivity index (χ4n) is 6.92. The van der Waals surface area contributed by atoms with Crippen LogP contribution in [0.4, 0.5) is 4.79 Å². The molecule has 5 N–H and O–H groups in total. The van der Waals surface area contributed by atoms with Crippen LogP contribution in [0.1, 0.15) is 61.9 Å². The molecule has 0 radical (unpaired) electrons. The van der Waals surface area contributed by atoms with E-state index >= 15 is 0 Å². The van der Waals surface area contributed by atoms with Gasteiger partial charge in [0, 0.05) is 49.3 Å². The molecule has 54 heavy (non-hydrogen) atoms. The number of ether oxygens (including phenoxy) is 1. The van der Waals surface area contributed by atoms with Crippen molar-refractivity contribution in [1.29, 1.82) is 0 Å². The van der Waals surface area contributed by atoms with Gasteiger partial charge < -0.3 is 25.6 Å². The number of carbonyl (C=O) groups is 3. The van der Waals surface area contributed by atoms with E-state index in [1.165, 1.54) is 7.11 Å². The summed E-state index contributed by atoms with van der Waals surface area (Å²) in [5.41, 5.74) is 5.81. The van der Waals surface area contributed by atoms with E-state index in [1.54, 1.807) is 16.3 Å². The van der Waals surface area contributed by atoms with Crippen LogP contribution in [0.25, 0.3) is 16.2 Å². The largest absolute Gasteiger partial charge is 0.453 e. The molecular weight excluding hydrogens is 705 g/mol. The second kappa shape index (κ2) is 16.5. The molecule has 0 bridgehead atoms. The van der Waals surface area contributed by atoms with Gasteiger partial charge >= 0.3 is 6.09 Å². The van der Waals surface area contributed by atoms with Crippen LogP contribution in [-0.2, 0) is 33.7 Å². The highest BCUT2D eigenvalue weighted by Crippen LogP contribution is 2.33. The molecule has 1 aliphatic rings. The number of benzene rings is 3. The van der Waals surface area contributed by atoms with Gasteiger partial charge in [0.05, 0.1) is 24.9 Å². The summed E-state index contributed by atoms with van der Waals surface area (Å²) < 4.78 is 6.78. The van der Waals surface area contributed by atoms with Crippen molar-refractivity contribution >= 4 is 34.2 Å². The zero-order chi connectivity index (χ0) is 38.5. The van der Waals surface area contributed by atoms with Crippen molar-refractivity contribution in [2.45, 2.75) is 76.8 Å². The first-order chi connectivity index (χ1) is 25.8. The molecule has 3 aromatic carbocycles. The number of hydrazine groups is 1. The molecule has 0 spiro atoms. The maximum absolute atomic E-state index is 14.0. The minimum atomic E-state index is -1.82. The van der Waals surface area contributed by atoms with Crippen molar-refractivity contribution in [3.63, 3.8) is 0 Å². The van der Waals surface area contributed by atoms with E-state index in [2.05, 4.69) is 16.1 Å². The first-order valence-corrected chi connectivity index (χ1v) is 19.0. The number of aliphatic hydroxyl groups excluding tert-OH is 1. The van der Waals surface area contributed by atoms with E-state index in [9.17, 15) is 24.6 Å². The SMILES string of the molecule is COC(=O)N[C@H](C(=O)NN(CCC[C@@](O)(Cc1ccccc1)C(=O)N[C@H]1c2ccccc2C[C@H]1O)Cc1ccc(-c2cn3ccsc3n2)cc1)C(C)(C)C. The van der Waals surface area contributed by atoms with Gasteiger partial charge in [-0.25, -0.2) is 14.8 Å². The lowest BCUT2D eigenvalue weighted by molar-refractivity contribution is -0.142. The van der Waals surface area contributed by atoms with Crippen molar-refractivity contribution in [1.82, 2.24) is 30.5 Å². The van der Waals surface area contributed by atoms with E-state index in [0.29, 0.717) is 19.4 Å². The number of alkyl carbamates (subject to hydrolysis) is 1. The Bertz CT molecular complexity index is 2030. The van der Waals surface area contributed by atoms with Crippen molar-refractivity contribution in [2.75, 3.05) is 13.7 Å². The fourth-order valence-corrected chi connectivity index (χ4v) is 7.62. The van der Waals surface area contributed by atoms with Crippen molar-refractivity contribution in [2.24, 2.45) is 5.41 Å². The summed E-state index contributed by atoms with van der Waals surface area (Å²) in [7, 11) is 1.24. The number of fused-ring (bicyclic) bond motifs is 2. The van der Waals surface area contributed by atoms with Gasteiger partial charge in [-0.3, -0.25) is 19.4 Å². The standard InChI is InChI=1S/C41H48N6O6S/c1-40(2,3)35(44-39(51)53-4)36(49)45-47(25-28-15-17-29(18-16-28)32-26-46-21-22-54-38(46)42-32)20-10-19-41(52,24-27-11-6-5-7-12-27)37(50)43-34-31-14-9-8-13-30(31)23-33(34)48/h5-9,11-18,21-22,26,33-35,48,52H,10,19-20,23-25H2,1-4H3,(H,43,50)(H,44,51)(H,45,49)/t33-,34+,35-,41-/m1/s1. The molecule has 0 saturated heterocycles. The highest BCUT2D eigenvalue weighted by molar-refractivity contribution is 7.15. The second-order valence-electron chi connectivity index (χ2n) is 15.0. The van der Waals surface area contributed by atoms with Gasteiger partial charge in [0.1, 0.15) is 11.6 Å². The van der Waals surface area contributed by atoms with Crippen LogP contribution in [0.15, 0.2) is 96.6 Å².